The number of aliphatic carboxylic acids is 1. The molecule has 17 heavy (non-hydrogen) atoms. The molecule has 0 radical (unpaired) electrons. The van der Waals surface area contributed by atoms with Crippen molar-refractivity contribution in [1.82, 2.24) is 5.32 Å². The molecule has 0 spiro atoms. The van der Waals surface area contributed by atoms with E-state index in [0.717, 1.165) is 6.07 Å². The van der Waals surface area contributed by atoms with E-state index in [1.165, 1.54) is 24.3 Å². The molecule has 0 aliphatic heterocycles. The van der Waals surface area contributed by atoms with Crippen LogP contribution in [0, 0.1) is 5.82 Å². The Labute approximate surface area is 97.8 Å². The highest BCUT2D eigenvalue weighted by molar-refractivity contribution is 5.96. The van der Waals surface area contributed by atoms with Crippen molar-refractivity contribution < 1.29 is 19.1 Å². The molecule has 1 aromatic rings. The van der Waals surface area contributed by atoms with Crippen LogP contribution >= 0.6 is 0 Å². The normalized spacial score (nSPS) is 11.6. The first kappa shape index (κ1) is 12.9. The molecular formula is C12H12FNO3. The lowest BCUT2D eigenvalue weighted by Crippen LogP contribution is -2.40. The van der Waals surface area contributed by atoms with Crippen LogP contribution in [0.5, 0.6) is 0 Å². The molecule has 1 atom stereocenters. The molecule has 0 aliphatic carbocycles. The fraction of sp³-hybridized carbons (Fsp3) is 0.167. The van der Waals surface area contributed by atoms with E-state index in [0.29, 0.717) is 0 Å². The molecule has 0 saturated carbocycles. The third kappa shape index (κ3) is 3.71. The molecule has 0 heterocycles. The smallest absolute Gasteiger partial charge is 0.326 e. The molecule has 2 N–H and O–H groups in total. The number of carbonyl (C=O) groups is 2. The van der Waals surface area contributed by atoms with Crippen molar-refractivity contribution in [2.75, 3.05) is 0 Å². The van der Waals surface area contributed by atoms with Gasteiger partial charge < -0.3 is 10.4 Å². The van der Waals surface area contributed by atoms with Gasteiger partial charge in [-0.15, -0.1) is 6.58 Å². The number of carboxylic acid groups (broad SMARTS) is 1. The van der Waals surface area contributed by atoms with Crippen molar-refractivity contribution >= 4 is 11.9 Å². The first-order valence-electron chi connectivity index (χ1n) is 4.94. The van der Waals surface area contributed by atoms with Crippen LogP contribution in [0.4, 0.5) is 4.39 Å². The van der Waals surface area contributed by atoms with Gasteiger partial charge >= 0.3 is 5.97 Å². The van der Waals surface area contributed by atoms with Crippen molar-refractivity contribution in [2.45, 2.75) is 12.5 Å². The number of nitrogens with one attached hydrogen (secondary N) is 1. The minimum Gasteiger partial charge on any atom is -0.480 e. The second kappa shape index (κ2) is 5.79. The summed E-state index contributed by atoms with van der Waals surface area (Å²) in [6, 6.07) is 3.99. The van der Waals surface area contributed by atoms with Gasteiger partial charge in [0.2, 0.25) is 0 Å². The summed E-state index contributed by atoms with van der Waals surface area (Å²) in [6.45, 7) is 3.40. The third-order valence-corrected chi connectivity index (χ3v) is 2.09. The van der Waals surface area contributed by atoms with Crippen LogP contribution in [0.2, 0.25) is 0 Å². The van der Waals surface area contributed by atoms with E-state index >= 15 is 0 Å². The molecule has 1 amide bonds. The SMILES string of the molecule is C=CC[C@H](NC(=O)c1cccc(F)c1)C(=O)O. The van der Waals surface area contributed by atoms with E-state index < -0.39 is 23.7 Å². The highest BCUT2D eigenvalue weighted by Gasteiger charge is 2.19. The Morgan fingerprint density at radius 1 is 1.53 bits per heavy atom. The molecular weight excluding hydrogens is 225 g/mol. The minimum absolute atomic E-state index is 0.0836. The number of hydrogen-bond acceptors (Lipinski definition) is 2. The van der Waals surface area contributed by atoms with Crippen LogP contribution in [0.25, 0.3) is 0 Å². The van der Waals surface area contributed by atoms with Crippen LogP contribution in [-0.4, -0.2) is 23.0 Å². The maximum atomic E-state index is 12.9. The van der Waals surface area contributed by atoms with E-state index in [1.807, 2.05) is 0 Å². The van der Waals surface area contributed by atoms with Crippen molar-refractivity contribution in [3.8, 4) is 0 Å². The van der Waals surface area contributed by atoms with Crippen LogP contribution in [0.15, 0.2) is 36.9 Å². The average Bonchev–Trinajstić information content (AvgIpc) is 2.28. The van der Waals surface area contributed by atoms with Crippen LogP contribution in [0.1, 0.15) is 16.8 Å². The number of carbonyl (C=O) groups excluding carboxylic acids is 1. The number of rotatable bonds is 5. The van der Waals surface area contributed by atoms with Crippen molar-refractivity contribution in [2.24, 2.45) is 0 Å². The van der Waals surface area contributed by atoms with Gasteiger partial charge in [0, 0.05) is 5.56 Å². The van der Waals surface area contributed by atoms with E-state index in [1.54, 1.807) is 0 Å². The first-order valence-corrected chi connectivity index (χ1v) is 4.94. The first-order chi connectivity index (χ1) is 8.04. The molecule has 90 valence electrons. The summed E-state index contributed by atoms with van der Waals surface area (Å²) in [4.78, 5) is 22.4. The number of benzene rings is 1. The van der Waals surface area contributed by atoms with Crippen LogP contribution in [-0.2, 0) is 4.79 Å². The molecule has 0 aliphatic rings. The van der Waals surface area contributed by atoms with E-state index in [9.17, 15) is 14.0 Å². The van der Waals surface area contributed by atoms with Gasteiger partial charge in [0.25, 0.3) is 5.91 Å². The Bertz CT molecular complexity index is 445. The number of halogens is 1. The summed E-state index contributed by atoms with van der Waals surface area (Å²) in [7, 11) is 0. The summed E-state index contributed by atoms with van der Waals surface area (Å²) >= 11 is 0. The van der Waals surface area contributed by atoms with E-state index in [4.69, 9.17) is 5.11 Å². The fourth-order valence-corrected chi connectivity index (χ4v) is 1.26. The second-order valence-electron chi connectivity index (χ2n) is 3.40. The van der Waals surface area contributed by atoms with Gasteiger partial charge in [-0.2, -0.15) is 0 Å². The molecule has 0 unspecified atom stereocenters. The predicted molar refractivity (Wildman–Crippen MR) is 60.1 cm³/mol. The lowest BCUT2D eigenvalue weighted by Gasteiger charge is -2.12. The Morgan fingerprint density at radius 2 is 2.24 bits per heavy atom. The van der Waals surface area contributed by atoms with Crippen LogP contribution in [0.3, 0.4) is 0 Å². The van der Waals surface area contributed by atoms with Gasteiger partial charge in [-0.1, -0.05) is 12.1 Å². The van der Waals surface area contributed by atoms with Gasteiger partial charge in [-0.25, -0.2) is 9.18 Å². The van der Waals surface area contributed by atoms with Gasteiger partial charge in [0.15, 0.2) is 0 Å². The second-order valence-corrected chi connectivity index (χ2v) is 3.40. The molecule has 1 rings (SSSR count). The number of amides is 1. The van der Waals surface area contributed by atoms with E-state index in [2.05, 4.69) is 11.9 Å². The highest BCUT2D eigenvalue weighted by Crippen LogP contribution is 2.04. The zero-order chi connectivity index (χ0) is 12.8. The topological polar surface area (TPSA) is 66.4 Å². The molecule has 1 aromatic carbocycles. The molecule has 0 fully saturated rings. The quantitative estimate of drug-likeness (QED) is 0.764. The zero-order valence-corrected chi connectivity index (χ0v) is 9.02. The van der Waals surface area contributed by atoms with Gasteiger partial charge in [0.05, 0.1) is 0 Å². The molecule has 0 bridgehead atoms. The van der Waals surface area contributed by atoms with Gasteiger partial charge in [-0.3, -0.25) is 4.79 Å². The molecule has 4 nitrogen and oxygen atoms in total. The molecule has 0 aromatic heterocycles. The number of carboxylic acids is 1. The van der Waals surface area contributed by atoms with Crippen molar-refractivity contribution in [1.29, 1.82) is 0 Å². The summed E-state index contributed by atoms with van der Waals surface area (Å²) in [6.07, 6.45) is 1.50. The Kier molecular flexibility index (Phi) is 4.39. The zero-order valence-electron chi connectivity index (χ0n) is 9.02. The van der Waals surface area contributed by atoms with E-state index in [-0.39, 0.29) is 12.0 Å². The Hall–Kier alpha value is -2.17. The van der Waals surface area contributed by atoms with Crippen molar-refractivity contribution in [3.63, 3.8) is 0 Å². The fourth-order valence-electron chi connectivity index (χ4n) is 1.26. The standard InChI is InChI=1S/C12H12FNO3/c1-2-4-10(12(16)17)14-11(15)8-5-3-6-9(13)7-8/h2-3,5-7,10H,1,4H2,(H,14,15)(H,16,17)/t10-/m0/s1. The third-order valence-electron chi connectivity index (χ3n) is 2.09. The van der Waals surface area contributed by atoms with Crippen molar-refractivity contribution in [3.05, 3.63) is 48.3 Å². The monoisotopic (exact) mass is 237 g/mol. The Balaban J connectivity index is 2.77. The lowest BCUT2D eigenvalue weighted by atomic mass is 10.1. The maximum Gasteiger partial charge on any atom is 0.326 e. The largest absolute Gasteiger partial charge is 0.480 e. The number of hydrogen-bond donors (Lipinski definition) is 2. The minimum atomic E-state index is -1.16. The van der Waals surface area contributed by atoms with Gasteiger partial charge in [0.1, 0.15) is 11.9 Å². The maximum absolute atomic E-state index is 12.9. The molecule has 5 heteroatoms. The van der Waals surface area contributed by atoms with Crippen LogP contribution < -0.4 is 5.32 Å². The molecule has 0 saturated heterocycles. The summed E-state index contributed by atoms with van der Waals surface area (Å²) in [5, 5.41) is 11.1. The average molecular weight is 237 g/mol. The summed E-state index contributed by atoms with van der Waals surface area (Å²) in [5.41, 5.74) is 0.0836. The lowest BCUT2D eigenvalue weighted by molar-refractivity contribution is -0.139. The Morgan fingerprint density at radius 3 is 2.76 bits per heavy atom. The predicted octanol–water partition coefficient (Wildman–Crippen LogP) is 1.58. The summed E-state index contributed by atoms with van der Waals surface area (Å²) in [5.74, 6) is -2.33. The highest BCUT2D eigenvalue weighted by atomic mass is 19.1. The van der Waals surface area contributed by atoms with Gasteiger partial charge in [-0.05, 0) is 24.6 Å². The summed E-state index contributed by atoms with van der Waals surface area (Å²) < 4.78 is 12.9.